The van der Waals surface area contributed by atoms with E-state index in [1.54, 1.807) is 6.92 Å². The van der Waals surface area contributed by atoms with Crippen molar-refractivity contribution in [3.8, 4) is 0 Å². The Hall–Kier alpha value is -1.43. The third-order valence-electron chi connectivity index (χ3n) is 2.95. The normalized spacial score (nSPS) is 15.2. The zero-order valence-corrected chi connectivity index (χ0v) is 10.4. The summed E-state index contributed by atoms with van der Waals surface area (Å²) in [7, 11) is 0. The fourth-order valence-corrected chi connectivity index (χ4v) is 1.87. The molecule has 1 aromatic heterocycles. The van der Waals surface area contributed by atoms with E-state index < -0.39 is 0 Å². The van der Waals surface area contributed by atoms with E-state index in [1.807, 2.05) is 0 Å². The van der Waals surface area contributed by atoms with E-state index in [0.29, 0.717) is 12.4 Å². The van der Waals surface area contributed by atoms with Crippen LogP contribution in [0.25, 0.3) is 0 Å². The molecule has 2 rings (SSSR count). The number of H-pyrrole nitrogens is 1. The minimum atomic E-state index is -0.207. The average Bonchev–Trinajstić information content (AvgIpc) is 3.06. The molecule has 6 nitrogen and oxygen atoms in total. The van der Waals surface area contributed by atoms with Gasteiger partial charge in [-0.3, -0.25) is 14.8 Å². The van der Waals surface area contributed by atoms with Crippen molar-refractivity contribution in [2.75, 3.05) is 19.6 Å². The first-order valence-corrected chi connectivity index (χ1v) is 6.12. The molecule has 1 aromatic rings. The van der Waals surface area contributed by atoms with Crippen molar-refractivity contribution in [1.82, 2.24) is 25.4 Å². The molecule has 0 aromatic carbocycles. The zero-order valence-electron chi connectivity index (χ0n) is 10.4. The van der Waals surface area contributed by atoms with Gasteiger partial charge in [-0.15, -0.1) is 5.10 Å². The van der Waals surface area contributed by atoms with E-state index in [2.05, 4.69) is 32.3 Å². The lowest BCUT2D eigenvalue weighted by Crippen LogP contribution is -2.36. The van der Waals surface area contributed by atoms with E-state index in [9.17, 15) is 4.79 Å². The van der Waals surface area contributed by atoms with Crippen LogP contribution in [0, 0.1) is 6.92 Å². The third-order valence-corrected chi connectivity index (χ3v) is 2.95. The number of likely N-dealkylation sites (N-methyl/N-ethyl adjacent to an activating group) is 1. The maximum atomic E-state index is 11.6. The molecule has 1 aliphatic carbocycles. The molecule has 6 heteroatoms. The Morgan fingerprint density at radius 2 is 2.35 bits per heavy atom. The maximum Gasteiger partial charge on any atom is 0.291 e. The molecule has 0 atom stereocenters. The van der Waals surface area contributed by atoms with Crippen LogP contribution in [0.2, 0.25) is 0 Å². The van der Waals surface area contributed by atoms with Crippen molar-refractivity contribution >= 4 is 5.91 Å². The quantitative estimate of drug-likeness (QED) is 0.747. The first-order valence-electron chi connectivity index (χ1n) is 6.12. The molecule has 94 valence electrons. The molecule has 0 bridgehead atoms. The lowest BCUT2D eigenvalue weighted by atomic mass is 10.4. The van der Waals surface area contributed by atoms with Crippen LogP contribution in [-0.2, 0) is 0 Å². The molecule has 0 aliphatic heterocycles. The Morgan fingerprint density at radius 3 is 2.88 bits per heavy atom. The number of hydrogen-bond acceptors (Lipinski definition) is 4. The number of carbonyl (C=O) groups is 1. The van der Waals surface area contributed by atoms with Crippen molar-refractivity contribution in [2.24, 2.45) is 0 Å². The number of amides is 1. The summed E-state index contributed by atoms with van der Waals surface area (Å²) in [5.41, 5.74) is 0. The highest BCUT2D eigenvalue weighted by molar-refractivity contribution is 5.90. The summed E-state index contributed by atoms with van der Waals surface area (Å²) in [5.74, 6) is 0.668. The second kappa shape index (κ2) is 5.27. The summed E-state index contributed by atoms with van der Waals surface area (Å²) in [6.45, 7) is 6.52. The molecule has 2 N–H and O–H groups in total. The average molecular weight is 237 g/mol. The molecule has 0 radical (unpaired) electrons. The Bertz CT molecular complexity index is 385. The number of hydrogen-bond donors (Lipinski definition) is 2. The highest BCUT2D eigenvalue weighted by Gasteiger charge is 2.27. The standard InChI is InChI=1S/C11H19N5O/c1-3-16(9-4-5-9)7-6-12-11(17)10-13-8(2)14-15-10/h9H,3-7H2,1-2H3,(H,12,17)(H,13,14,15). The Labute approximate surface area is 101 Å². The van der Waals surface area contributed by atoms with Gasteiger partial charge in [0.25, 0.3) is 5.91 Å². The van der Waals surface area contributed by atoms with Crippen LogP contribution in [0.1, 0.15) is 36.2 Å². The van der Waals surface area contributed by atoms with Gasteiger partial charge in [-0.1, -0.05) is 6.92 Å². The first-order chi connectivity index (χ1) is 8.20. The summed E-state index contributed by atoms with van der Waals surface area (Å²) >= 11 is 0. The van der Waals surface area contributed by atoms with Gasteiger partial charge >= 0.3 is 0 Å². The lowest BCUT2D eigenvalue weighted by Gasteiger charge is -2.19. The molecular formula is C11H19N5O. The van der Waals surface area contributed by atoms with Gasteiger partial charge in [-0.2, -0.15) is 0 Å². The molecule has 0 spiro atoms. The number of rotatable bonds is 6. The van der Waals surface area contributed by atoms with E-state index in [4.69, 9.17) is 0 Å². The van der Waals surface area contributed by atoms with Crippen molar-refractivity contribution in [3.05, 3.63) is 11.6 Å². The minimum absolute atomic E-state index is 0.207. The maximum absolute atomic E-state index is 11.6. The van der Waals surface area contributed by atoms with Crippen LogP contribution >= 0.6 is 0 Å². The van der Waals surface area contributed by atoms with Crippen LogP contribution in [0.15, 0.2) is 0 Å². The Morgan fingerprint density at radius 1 is 1.59 bits per heavy atom. The van der Waals surface area contributed by atoms with E-state index in [0.717, 1.165) is 19.1 Å². The fourth-order valence-electron chi connectivity index (χ4n) is 1.87. The van der Waals surface area contributed by atoms with E-state index >= 15 is 0 Å². The molecule has 1 saturated carbocycles. The molecular weight excluding hydrogens is 218 g/mol. The highest BCUT2D eigenvalue weighted by atomic mass is 16.2. The number of aromatic nitrogens is 3. The smallest absolute Gasteiger partial charge is 0.291 e. The summed E-state index contributed by atoms with van der Waals surface area (Å²) in [6, 6.07) is 0.739. The monoisotopic (exact) mass is 237 g/mol. The lowest BCUT2D eigenvalue weighted by molar-refractivity contribution is 0.0938. The molecule has 17 heavy (non-hydrogen) atoms. The van der Waals surface area contributed by atoms with Gasteiger partial charge in [0.05, 0.1) is 0 Å². The van der Waals surface area contributed by atoms with Gasteiger partial charge in [-0.05, 0) is 26.3 Å². The van der Waals surface area contributed by atoms with Gasteiger partial charge in [-0.25, -0.2) is 4.98 Å². The number of nitrogens with zero attached hydrogens (tertiary/aromatic N) is 3. The number of nitrogens with one attached hydrogen (secondary N) is 2. The highest BCUT2D eigenvalue weighted by Crippen LogP contribution is 2.25. The number of aromatic amines is 1. The first kappa shape index (κ1) is 12.0. The van der Waals surface area contributed by atoms with Gasteiger partial charge in [0.15, 0.2) is 0 Å². The Kier molecular flexibility index (Phi) is 3.73. The van der Waals surface area contributed by atoms with Gasteiger partial charge in [0, 0.05) is 19.1 Å². The van der Waals surface area contributed by atoms with Gasteiger partial charge < -0.3 is 5.32 Å². The molecule has 0 saturated heterocycles. The minimum Gasteiger partial charge on any atom is -0.348 e. The molecule has 1 heterocycles. The van der Waals surface area contributed by atoms with Gasteiger partial charge in [0.2, 0.25) is 5.82 Å². The Balaban J connectivity index is 1.72. The fraction of sp³-hybridized carbons (Fsp3) is 0.727. The summed E-state index contributed by atoms with van der Waals surface area (Å²) < 4.78 is 0. The molecule has 1 fully saturated rings. The second-order valence-corrected chi connectivity index (χ2v) is 4.36. The van der Waals surface area contributed by atoms with Crippen molar-refractivity contribution in [1.29, 1.82) is 0 Å². The summed E-state index contributed by atoms with van der Waals surface area (Å²) in [4.78, 5) is 18.0. The van der Waals surface area contributed by atoms with Crippen LogP contribution in [0.4, 0.5) is 0 Å². The zero-order chi connectivity index (χ0) is 12.3. The molecule has 1 amide bonds. The van der Waals surface area contributed by atoms with Gasteiger partial charge in [0.1, 0.15) is 5.82 Å². The van der Waals surface area contributed by atoms with Crippen LogP contribution in [0.3, 0.4) is 0 Å². The number of aryl methyl sites for hydroxylation is 1. The topological polar surface area (TPSA) is 73.9 Å². The van der Waals surface area contributed by atoms with Crippen LogP contribution in [-0.4, -0.2) is 51.7 Å². The van der Waals surface area contributed by atoms with E-state index in [-0.39, 0.29) is 11.7 Å². The van der Waals surface area contributed by atoms with Crippen molar-refractivity contribution < 1.29 is 4.79 Å². The third kappa shape index (κ3) is 3.26. The summed E-state index contributed by atoms with van der Waals surface area (Å²) in [5, 5.41) is 9.31. The van der Waals surface area contributed by atoms with Crippen molar-refractivity contribution in [3.63, 3.8) is 0 Å². The largest absolute Gasteiger partial charge is 0.348 e. The predicted octanol–water partition coefficient (Wildman–Crippen LogP) is 0.327. The predicted molar refractivity (Wildman–Crippen MR) is 63.7 cm³/mol. The molecule has 1 aliphatic rings. The SMILES string of the molecule is CCN(CCNC(=O)c1n[nH]c(C)n1)C1CC1. The second-order valence-electron chi connectivity index (χ2n) is 4.36. The van der Waals surface area contributed by atoms with Crippen LogP contribution < -0.4 is 5.32 Å². The summed E-state index contributed by atoms with van der Waals surface area (Å²) in [6.07, 6.45) is 2.59. The number of carbonyl (C=O) groups excluding carboxylic acids is 1. The van der Waals surface area contributed by atoms with E-state index in [1.165, 1.54) is 12.8 Å². The molecule has 0 unspecified atom stereocenters. The van der Waals surface area contributed by atoms with Crippen LogP contribution in [0.5, 0.6) is 0 Å². The van der Waals surface area contributed by atoms with Crippen molar-refractivity contribution in [2.45, 2.75) is 32.7 Å².